The van der Waals surface area contributed by atoms with Gasteiger partial charge in [-0.1, -0.05) is 46.1 Å². The number of carbonyl (C=O) groups excluding carboxylic acids is 1. The molecule has 1 aromatic heterocycles. The Labute approximate surface area is 209 Å². The van der Waals surface area contributed by atoms with E-state index < -0.39 is 0 Å². The first-order valence-electron chi connectivity index (χ1n) is 11.4. The summed E-state index contributed by atoms with van der Waals surface area (Å²) in [6, 6.07) is 12.9. The van der Waals surface area contributed by atoms with Crippen molar-refractivity contribution < 1.29 is 14.1 Å². The highest BCUT2D eigenvalue weighted by Crippen LogP contribution is 2.28. The predicted molar refractivity (Wildman–Crippen MR) is 132 cm³/mol. The molecule has 9 heteroatoms. The second kappa shape index (κ2) is 11.2. The standard InChI is InChI=1S/C25H28Cl2N4O3/c1-16-5-8-20(9-6-16)33-15-17(2)28-25(32)18-4-3-11-31(13-18)14-23-29-24(30-34-23)21-10-7-19(26)12-22(21)27/h5-10,12,17-18H,3-4,11,13-15H2,1-2H3,(H,28,32). The van der Waals surface area contributed by atoms with Crippen LogP contribution in [0.3, 0.4) is 0 Å². The van der Waals surface area contributed by atoms with Gasteiger partial charge in [0.25, 0.3) is 0 Å². The number of benzene rings is 2. The number of hydrogen-bond acceptors (Lipinski definition) is 6. The van der Waals surface area contributed by atoms with E-state index in [9.17, 15) is 4.79 Å². The van der Waals surface area contributed by atoms with Crippen molar-refractivity contribution in [2.45, 2.75) is 39.3 Å². The molecule has 1 aliphatic rings. The third kappa shape index (κ3) is 6.50. The van der Waals surface area contributed by atoms with Gasteiger partial charge < -0.3 is 14.6 Å². The topological polar surface area (TPSA) is 80.5 Å². The summed E-state index contributed by atoms with van der Waals surface area (Å²) in [4.78, 5) is 19.5. The van der Waals surface area contributed by atoms with Crippen LogP contribution >= 0.6 is 23.2 Å². The van der Waals surface area contributed by atoms with Crippen molar-refractivity contribution in [3.05, 3.63) is 64.0 Å². The molecule has 2 unspecified atom stereocenters. The highest BCUT2D eigenvalue weighted by atomic mass is 35.5. The van der Waals surface area contributed by atoms with Gasteiger partial charge in [-0.05, 0) is 63.6 Å². The quantitative estimate of drug-likeness (QED) is 0.458. The second-order valence-corrected chi connectivity index (χ2v) is 9.59. The van der Waals surface area contributed by atoms with E-state index >= 15 is 0 Å². The number of piperidine rings is 1. The van der Waals surface area contributed by atoms with Crippen LogP contribution in [0.5, 0.6) is 5.75 Å². The fraction of sp³-hybridized carbons (Fsp3) is 0.400. The van der Waals surface area contributed by atoms with Crippen LogP contribution in [0, 0.1) is 12.8 Å². The summed E-state index contributed by atoms with van der Waals surface area (Å²) >= 11 is 12.2. The van der Waals surface area contributed by atoms with Crippen molar-refractivity contribution in [2.75, 3.05) is 19.7 Å². The molecule has 3 aromatic rings. The summed E-state index contributed by atoms with van der Waals surface area (Å²) < 4.78 is 11.2. The lowest BCUT2D eigenvalue weighted by molar-refractivity contribution is -0.127. The van der Waals surface area contributed by atoms with E-state index in [1.165, 1.54) is 5.56 Å². The van der Waals surface area contributed by atoms with E-state index in [4.69, 9.17) is 32.5 Å². The summed E-state index contributed by atoms with van der Waals surface area (Å²) in [5.41, 5.74) is 1.85. The van der Waals surface area contributed by atoms with Gasteiger partial charge in [0.2, 0.25) is 17.6 Å². The van der Waals surface area contributed by atoms with Gasteiger partial charge in [0.05, 0.1) is 23.5 Å². The van der Waals surface area contributed by atoms with Gasteiger partial charge in [0.1, 0.15) is 12.4 Å². The number of nitrogens with zero attached hydrogens (tertiary/aromatic N) is 3. The fourth-order valence-corrected chi connectivity index (χ4v) is 4.45. The molecule has 0 bridgehead atoms. The van der Waals surface area contributed by atoms with E-state index in [-0.39, 0.29) is 17.9 Å². The molecule has 0 spiro atoms. The molecule has 2 heterocycles. The molecule has 34 heavy (non-hydrogen) atoms. The lowest BCUT2D eigenvalue weighted by atomic mass is 9.97. The molecule has 4 rings (SSSR count). The molecule has 2 atom stereocenters. The molecule has 0 aliphatic carbocycles. The Balaban J connectivity index is 1.28. The third-order valence-corrected chi connectivity index (χ3v) is 6.33. The number of aryl methyl sites for hydroxylation is 1. The van der Waals surface area contributed by atoms with E-state index in [2.05, 4.69) is 20.4 Å². The SMILES string of the molecule is Cc1ccc(OCC(C)NC(=O)C2CCCN(Cc3nc(-c4ccc(Cl)cc4Cl)no3)C2)cc1. The van der Waals surface area contributed by atoms with Gasteiger partial charge >= 0.3 is 0 Å². The number of amides is 1. The first-order chi connectivity index (χ1) is 16.4. The molecule has 1 saturated heterocycles. The molecular weight excluding hydrogens is 475 g/mol. The lowest BCUT2D eigenvalue weighted by Crippen LogP contribution is -2.46. The first-order valence-corrected chi connectivity index (χ1v) is 12.1. The van der Waals surface area contributed by atoms with Crippen LogP contribution in [0.25, 0.3) is 11.4 Å². The van der Waals surface area contributed by atoms with Crippen LogP contribution in [0.15, 0.2) is 47.0 Å². The zero-order valence-electron chi connectivity index (χ0n) is 19.3. The maximum Gasteiger partial charge on any atom is 0.241 e. The Morgan fingerprint density at radius 3 is 2.82 bits per heavy atom. The number of nitrogens with one attached hydrogen (secondary N) is 1. The van der Waals surface area contributed by atoms with Gasteiger partial charge in [0.15, 0.2) is 0 Å². The number of aromatic nitrogens is 2. The number of ether oxygens (including phenoxy) is 1. The fourth-order valence-electron chi connectivity index (χ4n) is 3.96. The Hall–Kier alpha value is -2.61. The number of likely N-dealkylation sites (tertiary alicyclic amines) is 1. The summed E-state index contributed by atoms with van der Waals surface area (Å²) in [5.74, 6) is 1.66. The average Bonchev–Trinajstić information content (AvgIpc) is 3.27. The smallest absolute Gasteiger partial charge is 0.241 e. The zero-order chi connectivity index (χ0) is 24.1. The molecule has 180 valence electrons. The van der Waals surface area contributed by atoms with Crippen molar-refractivity contribution in [1.82, 2.24) is 20.4 Å². The Kier molecular flexibility index (Phi) is 8.08. The molecule has 1 aliphatic heterocycles. The predicted octanol–water partition coefficient (Wildman–Crippen LogP) is 5.15. The van der Waals surface area contributed by atoms with Crippen LogP contribution in [0.2, 0.25) is 10.0 Å². The number of rotatable bonds is 8. The van der Waals surface area contributed by atoms with E-state index in [1.54, 1.807) is 18.2 Å². The van der Waals surface area contributed by atoms with Gasteiger partial charge in [0, 0.05) is 17.1 Å². The van der Waals surface area contributed by atoms with Crippen LogP contribution < -0.4 is 10.1 Å². The Bertz CT molecular complexity index is 1120. The number of carbonyl (C=O) groups is 1. The zero-order valence-corrected chi connectivity index (χ0v) is 20.8. The van der Waals surface area contributed by atoms with Crippen molar-refractivity contribution >= 4 is 29.1 Å². The van der Waals surface area contributed by atoms with E-state index in [0.29, 0.717) is 47.0 Å². The van der Waals surface area contributed by atoms with Gasteiger partial charge in [-0.25, -0.2) is 0 Å². The molecule has 1 amide bonds. The monoisotopic (exact) mass is 502 g/mol. The minimum Gasteiger partial charge on any atom is -0.491 e. The van der Waals surface area contributed by atoms with Crippen LogP contribution in [0.4, 0.5) is 0 Å². The summed E-state index contributed by atoms with van der Waals surface area (Å²) in [6.45, 7) is 6.39. The summed E-state index contributed by atoms with van der Waals surface area (Å²) in [5, 5.41) is 8.15. The molecule has 2 aromatic carbocycles. The van der Waals surface area contributed by atoms with Crippen LogP contribution in [-0.4, -0.2) is 46.7 Å². The molecule has 7 nitrogen and oxygen atoms in total. The largest absolute Gasteiger partial charge is 0.491 e. The van der Waals surface area contributed by atoms with Gasteiger partial charge in [-0.2, -0.15) is 4.98 Å². The van der Waals surface area contributed by atoms with Crippen LogP contribution in [-0.2, 0) is 11.3 Å². The Morgan fingerprint density at radius 2 is 2.06 bits per heavy atom. The third-order valence-electron chi connectivity index (χ3n) is 5.78. The molecular formula is C25H28Cl2N4O3. The molecule has 0 saturated carbocycles. The lowest BCUT2D eigenvalue weighted by Gasteiger charge is -2.31. The van der Waals surface area contributed by atoms with Crippen molar-refractivity contribution in [1.29, 1.82) is 0 Å². The highest BCUT2D eigenvalue weighted by molar-refractivity contribution is 6.36. The number of halogens is 2. The van der Waals surface area contributed by atoms with E-state index in [0.717, 1.165) is 25.1 Å². The maximum absolute atomic E-state index is 12.8. The normalized spacial score (nSPS) is 17.4. The average molecular weight is 503 g/mol. The van der Waals surface area contributed by atoms with Crippen molar-refractivity contribution in [2.24, 2.45) is 5.92 Å². The summed E-state index contributed by atoms with van der Waals surface area (Å²) in [6.07, 6.45) is 1.78. The molecule has 1 N–H and O–H groups in total. The maximum atomic E-state index is 12.8. The van der Waals surface area contributed by atoms with Gasteiger partial charge in [-0.3, -0.25) is 9.69 Å². The van der Waals surface area contributed by atoms with Crippen molar-refractivity contribution in [3.8, 4) is 17.1 Å². The highest BCUT2D eigenvalue weighted by Gasteiger charge is 2.28. The minimum absolute atomic E-state index is 0.0453. The van der Waals surface area contributed by atoms with Gasteiger partial charge in [-0.15, -0.1) is 0 Å². The number of hydrogen-bond donors (Lipinski definition) is 1. The second-order valence-electron chi connectivity index (χ2n) is 8.74. The molecule has 0 radical (unpaired) electrons. The minimum atomic E-state index is -0.0938. The first kappa shape index (κ1) is 24.5. The summed E-state index contributed by atoms with van der Waals surface area (Å²) in [7, 11) is 0. The van der Waals surface area contributed by atoms with Crippen LogP contribution in [0.1, 0.15) is 31.2 Å². The van der Waals surface area contributed by atoms with Crippen molar-refractivity contribution in [3.63, 3.8) is 0 Å². The van der Waals surface area contributed by atoms with E-state index in [1.807, 2.05) is 38.1 Å². The molecule has 1 fully saturated rings. The Morgan fingerprint density at radius 1 is 1.26 bits per heavy atom.